The number of carbonyl (C=O) groups is 1. The molecule has 4 aromatic heterocycles. The topological polar surface area (TPSA) is 111 Å². The second-order valence-corrected chi connectivity index (χ2v) is 8.56. The molecule has 0 saturated heterocycles. The van der Waals surface area contributed by atoms with Crippen molar-refractivity contribution >= 4 is 22.9 Å². The number of thiazole rings is 1. The first-order valence-electron chi connectivity index (χ1n) is 10.6. The molecule has 4 heterocycles. The first-order valence-corrected chi connectivity index (χ1v) is 11.5. The van der Waals surface area contributed by atoms with Crippen LogP contribution in [0.1, 0.15) is 42.0 Å². The van der Waals surface area contributed by atoms with Gasteiger partial charge in [-0.05, 0) is 31.9 Å². The number of pyridine rings is 1. The standard InChI is InChI=1S/C22H22FN7O2S/c1-2-32-16-6-15(7-16)30-11-18(20(29-30)17-5-3-4-14(8-23)26-17)27-21(31)19-12-33-22(28-19)13-9-24-25-10-13/h3-5,9-12,15-16H,2,6-8H2,1H3,(H,24,25)(H,27,31). The van der Waals surface area contributed by atoms with Crippen LogP contribution in [-0.4, -0.2) is 48.6 Å². The van der Waals surface area contributed by atoms with Gasteiger partial charge in [0.15, 0.2) is 0 Å². The van der Waals surface area contributed by atoms with Gasteiger partial charge in [-0.3, -0.25) is 14.6 Å². The van der Waals surface area contributed by atoms with Crippen molar-refractivity contribution in [2.75, 3.05) is 11.9 Å². The van der Waals surface area contributed by atoms with Crippen molar-refractivity contribution in [2.24, 2.45) is 0 Å². The number of nitrogens with zero attached hydrogens (tertiary/aromatic N) is 5. The van der Waals surface area contributed by atoms with Gasteiger partial charge in [0.05, 0.1) is 35.4 Å². The van der Waals surface area contributed by atoms with Gasteiger partial charge >= 0.3 is 0 Å². The number of alkyl halides is 1. The lowest BCUT2D eigenvalue weighted by molar-refractivity contribution is -0.0226. The molecule has 9 nitrogen and oxygen atoms in total. The Morgan fingerprint density at radius 1 is 1.36 bits per heavy atom. The molecule has 1 aliphatic rings. The van der Waals surface area contributed by atoms with Crippen LogP contribution in [-0.2, 0) is 11.4 Å². The van der Waals surface area contributed by atoms with E-state index >= 15 is 0 Å². The Morgan fingerprint density at radius 2 is 2.24 bits per heavy atom. The third-order valence-electron chi connectivity index (χ3n) is 5.49. The lowest BCUT2D eigenvalue weighted by Gasteiger charge is -2.34. The summed E-state index contributed by atoms with van der Waals surface area (Å²) in [5.74, 6) is -0.357. The fourth-order valence-electron chi connectivity index (χ4n) is 3.74. The predicted octanol–water partition coefficient (Wildman–Crippen LogP) is 4.25. The monoisotopic (exact) mass is 467 g/mol. The van der Waals surface area contributed by atoms with E-state index in [4.69, 9.17) is 9.84 Å². The third-order valence-corrected chi connectivity index (χ3v) is 6.39. The molecule has 11 heteroatoms. The number of amides is 1. The minimum absolute atomic E-state index is 0.169. The molecule has 5 rings (SSSR count). The van der Waals surface area contributed by atoms with Gasteiger partial charge in [0.2, 0.25) is 0 Å². The number of carbonyl (C=O) groups excluding carboxylic acids is 1. The number of hydrogen-bond acceptors (Lipinski definition) is 7. The second-order valence-electron chi connectivity index (χ2n) is 7.70. The number of rotatable bonds is 8. The number of nitrogens with one attached hydrogen (secondary N) is 2. The SMILES string of the molecule is CCOC1CC(n2cc(NC(=O)c3csc(-c4cn[nH]c4)n3)c(-c3cccc(CF)n3)n2)C1. The van der Waals surface area contributed by atoms with Crippen LogP contribution in [0.5, 0.6) is 0 Å². The first kappa shape index (κ1) is 21.4. The number of hydrogen-bond donors (Lipinski definition) is 2. The molecule has 0 aromatic carbocycles. The van der Waals surface area contributed by atoms with E-state index in [1.807, 2.05) is 11.6 Å². The van der Waals surface area contributed by atoms with E-state index in [0.717, 1.165) is 18.4 Å². The van der Waals surface area contributed by atoms with Crippen LogP contribution in [0, 0.1) is 0 Å². The summed E-state index contributed by atoms with van der Waals surface area (Å²) < 4.78 is 20.7. The molecular weight excluding hydrogens is 445 g/mol. The molecular formula is C22H22FN7O2S. The van der Waals surface area contributed by atoms with Crippen LogP contribution < -0.4 is 5.32 Å². The molecule has 0 atom stereocenters. The van der Waals surface area contributed by atoms with Crippen LogP contribution in [0.3, 0.4) is 0 Å². The highest BCUT2D eigenvalue weighted by molar-refractivity contribution is 7.13. The van der Waals surface area contributed by atoms with E-state index < -0.39 is 6.67 Å². The number of H-pyrrole nitrogens is 1. The molecule has 0 spiro atoms. The molecule has 0 aliphatic heterocycles. The fourth-order valence-corrected chi connectivity index (χ4v) is 4.52. The minimum Gasteiger partial charge on any atom is -0.378 e. The lowest BCUT2D eigenvalue weighted by Crippen LogP contribution is -2.33. The molecule has 0 unspecified atom stereocenters. The summed E-state index contributed by atoms with van der Waals surface area (Å²) in [6, 6.07) is 5.27. The van der Waals surface area contributed by atoms with Crippen molar-refractivity contribution in [3.8, 4) is 22.0 Å². The van der Waals surface area contributed by atoms with Crippen LogP contribution in [0.15, 0.2) is 42.2 Å². The maximum Gasteiger partial charge on any atom is 0.275 e. The quantitative estimate of drug-likeness (QED) is 0.401. The average Bonchev–Trinajstić information content (AvgIpc) is 3.56. The molecule has 1 amide bonds. The van der Waals surface area contributed by atoms with Gasteiger partial charge in [0, 0.05) is 29.9 Å². The van der Waals surface area contributed by atoms with Crippen molar-refractivity contribution < 1.29 is 13.9 Å². The number of halogens is 1. The largest absolute Gasteiger partial charge is 0.378 e. The van der Waals surface area contributed by atoms with E-state index in [9.17, 15) is 9.18 Å². The summed E-state index contributed by atoms with van der Waals surface area (Å²) in [6.07, 6.45) is 7.09. The third kappa shape index (κ3) is 4.41. The van der Waals surface area contributed by atoms with Gasteiger partial charge in [0.25, 0.3) is 5.91 Å². The summed E-state index contributed by atoms with van der Waals surface area (Å²) in [7, 11) is 0. The van der Waals surface area contributed by atoms with E-state index in [0.29, 0.717) is 40.1 Å². The molecule has 2 N–H and O–H groups in total. The van der Waals surface area contributed by atoms with Gasteiger partial charge in [-0.2, -0.15) is 10.2 Å². The smallest absolute Gasteiger partial charge is 0.275 e. The van der Waals surface area contributed by atoms with Crippen LogP contribution in [0.4, 0.5) is 10.1 Å². The maximum atomic E-state index is 13.2. The number of anilines is 1. The first-order chi connectivity index (χ1) is 16.1. The van der Waals surface area contributed by atoms with E-state index in [1.54, 1.807) is 42.2 Å². The van der Waals surface area contributed by atoms with Crippen LogP contribution in [0.25, 0.3) is 22.0 Å². The zero-order valence-electron chi connectivity index (χ0n) is 17.9. The Balaban J connectivity index is 1.42. The Labute approximate surface area is 193 Å². The summed E-state index contributed by atoms with van der Waals surface area (Å²) in [4.78, 5) is 21.7. The number of aromatic amines is 1. The van der Waals surface area contributed by atoms with Crippen molar-refractivity contribution in [3.05, 3.63) is 53.6 Å². The predicted molar refractivity (Wildman–Crippen MR) is 122 cm³/mol. The zero-order valence-corrected chi connectivity index (χ0v) is 18.7. The normalized spacial score (nSPS) is 17.6. The van der Waals surface area contributed by atoms with E-state index in [2.05, 4.69) is 25.5 Å². The molecule has 33 heavy (non-hydrogen) atoms. The van der Waals surface area contributed by atoms with Crippen LogP contribution in [0.2, 0.25) is 0 Å². The van der Waals surface area contributed by atoms with Gasteiger partial charge in [0.1, 0.15) is 23.1 Å². The van der Waals surface area contributed by atoms with E-state index in [-0.39, 0.29) is 18.1 Å². The van der Waals surface area contributed by atoms with Gasteiger partial charge in [-0.25, -0.2) is 14.4 Å². The highest BCUT2D eigenvalue weighted by atomic mass is 32.1. The maximum absolute atomic E-state index is 13.2. The number of ether oxygens (including phenoxy) is 1. The Morgan fingerprint density at radius 3 is 3.00 bits per heavy atom. The van der Waals surface area contributed by atoms with Gasteiger partial charge in [-0.15, -0.1) is 11.3 Å². The summed E-state index contributed by atoms with van der Waals surface area (Å²) in [5.41, 5.74) is 2.90. The zero-order chi connectivity index (χ0) is 22.8. The molecule has 0 bridgehead atoms. The number of aromatic nitrogens is 6. The highest BCUT2D eigenvalue weighted by Crippen LogP contribution is 2.37. The summed E-state index contributed by atoms with van der Waals surface area (Å²) >= 11 is 1.36. The second kappa shape index (κ2) is 9.20. The molecule has 1 aliphatic carbocycles. The fraction of sp³-hybridized carbons (Fsp3) is 0.318. The van der Waals surface area contributed by atoms with Crippen LogP contribution >= 0.6 is 11.3 Å². The van der Waals surface area contributed by atoms with Crippen molar-refractivity contribution in [2.45, 2.75) is 38.6 Å². The van der Waals surface area contributed by atoms with Gasteiger partial charge < -0.3 is 10.1 Å². The Hall–Kier alpha value is -3.44. The highest BCUT2D eigenvalue weighted by Gasteiger charge is 2.32. The summed E-state index contributed by atoms with van der Waals surface area (Å²) in [5, 5.41) is 16.7. The average molecular weight is 468 g/mol. The van der Waals surface area contributed by atoms with Gasteiger partial charge in [-0.1, -0.05) is 6.07 Å². The molecule has 4 aromatic rings. The van der Waals surface area contributed by atoms with Crippen molar-refractivity contribution in [1.82, 2.24) is 29.9 Å². The van der Waals surface area contributed by atoms with Crippen molar-refractivity contribution in [1.29, 1.82) is 0 Å². The molecule has 1 saturated carbocycles. The molecule has 1 fully saturated rings. The summed E-state index contributed by atoms with van der Waals surface area (Å²) in [6.45, 7) is 1.98. The Bertz CT molecular complexity index is 1250. The Kier molecular flexibility index (Phi) is 5.97. The minimum atomic E-state index is -0.676. The van der Waals surface area contributed by atoms with Crippen molar-refractivity contribution in [3.63, 3.8) is 0 Å². The lowest BCUT2D eigenvalue weighted by atomic mass is 9.89. The molecule has 170 valence electrons. The molecule has 0 radical (unpaired) electrons. The van der Waals surface area contributed by atoms with E-state index in [1.165, 1.54) is 11.3 Å².